The molecule has 1 aromatic rings. The van der Waals surface area contributed by atoms with Gasteiger partial charge in [0.05, 0.1) is 24.1 Å². The quantitative estimate of drug-likeness (QED) is 0.522. The number of nitrogens with two attached hydrogens (primary N) is 1. The molecule has 1 heterocycles. The van der Waals surface area contributed by atoms with Gasteiger partial charge >= 0.3 is 0 Å². The van der Waals surface area contributed by atoms with Crippen LogP contribution in [0.25, 0.3) is 0 Å². The molecule has 0 radical (unpaired) electrons. The fourth-order valence-corrected chi connectivity index (χ4v) is 0.916. The summed E-state index contributed by atoms with van der Waals surface area (Å²) in [4.78, 5) is 3.83. The average Bonchev–Trinajstić information content (AvgIpc) is 2.11. The highest BCUT2D eigenvalue weighted by Crippen LogP contribution is 2.13. The van der Waals surface area contributed by atoms with Crippen molar-refractivity contribution in [2.75, 3.05) is 12.3 Å². The Balaban J connectivity index is 2.89. The van der Waals surface area contributed by atoms with Gasteiger partial charge in [0.25, 0.3) is 0 Å². The number of rotatable bonds is 1. The SMILES string of the molecule is Nc1cnc(Cl)c(C#CCCO)c1. The van der Waals surface area contributed by atoms with Gasteiger partial charge in [0, 0.05) is 6.42 Å². The minimum absolute atomic E-state index is 0.0420. The average molecular weight is 197 g/mol. The number of anilines is 1. The Labute approximate surface area is 81.5 Å². The minimum Gasteiger partial charge on any atom is -0.397 e. The Hall–Kier alpha value is -1.24. The Kier molecular flexibility index (Phi) is 3.56. The molecule has 3 N–H and O–H groups in total. The van der Waals surface area contributed by atoms with Crippen LogP contribution in [0.4, 0.5) is 5.69 Å². The fourth-order valence-electron chi connectivity index (χ4n) is 0.766. The first kappa shape index (κ1) is 9.85. The van der Waals surface area contributed by atoms with Crippen molar-refractivity contribution in [3.8, 4) is 11.8 Å². The Morgan fingerprint density at radius 3 is 3.08 bits per heavy atom. The first-order valence-electron chi connectivity index (χ1n) is 3.75. The molecule has 0 aliphatic heterocycles. The maximum absolute atomic E-state index is 8.49. The minimum atomic E-state index is 0.0420. The second-order valence-electron chi connectivity index (χ2n) is 2.38. The van der Waals surface area contributed by atoms with Crippen molar-refractivity contribution < 1.29 is 5.11 Å². The first-order valence-corrected chi connectivity index (χ1v) is 4.12. The van der Waals surface area contributed by atoms with Gasteiger partial charge in [-0.05, 0) is 6.07 Å². The van der Waals surface area contributed by atoms with E-state index in [1.54, 1.807) is 6.07 Å². The van der Waals surface area contributed by atoms with E-state index in [0.29, 0.717) is 22.8 Å². The molecule has 0 aliphatic carbocycles. The van der Waals surface area contributed by atoms with Gasteiger partial charge in [0.15, 0.2) is 0 Å². The van der Waals surface area contributed by atoms with Crippen molar-refractivity contribution in [1.82, 2.24) is 4.98 Å². The summed E-state index contributed by atoms with van der Waals surface area (Å²) < 4.78 is 0. The number of hydrogen-bond donors (Lipinski definition) is 2. The zero-order valence-corrected chi connectivity index (χ0v) is 7.67. The maximum atomic E-state index is 8.49. The Morgan fingerprint density at radius 2 is 2.38 bits per heavy atom. The molecular formula is C9H9ClN2O. The standard InChI is InChI=1S/C9H9ClN2O/c10-9-7(3-1-2-4-13)5-8(11)6-12-9/h5-6,13H,2,4,11H2. The molecule has 0 atom stereocenters. The van der Waals surface area contributed by atoms with E-state index in [1.165, 1.54) is 6.20 Å². The van der Waals surface area contributed by atoms with Crippen molar-refractivity contribution in [3.63, 3.8) is 0 Å². The van der Waals surface area contributed by atoms with Crippen LogP contribution >= 0.6 is 11.6 Å². The smallest absolute Gasteiger partial charge is 0.144 e. The predicted octanol–water partition coefficient (Wildman–Crippen LogP) is 1.05. The van der Waals surface area contributed by atoms with Gasteiger partial charge in [0.2, 0.25) is 0 Å². The van der Waals surface area contributed by atoms with Crippen LogP contribution in [0.2, 0.25) is 5.15 Å². The molecular weight excluding hydrogens is 188 g/mol. The van der Waals surface area contributed by atoms with Crippen LogP contribution in [0.15, 0.2) is 12.3 Å². The van der Waals surface area contributed by atoms with E-state index in [2.05, 4.69) is 16.8 Å². The Morgan fingerprint density at radius 1 is 1.62 bits per heavy atom. The summed E-state index contributed by atoms with van der Waals surface area (Å²) >= 11 is 5.74. The monoisotopic (exact) mass is 196 g/mol. The van der Waals surface area contributed by atoms with Crippen molar-refractivity contribution in [2.24, 2.45) is 0 Å². The van der Waals surface area contributed by atoms with Crippen molar-refractivity contribution in [3.05, 3.63) is 23.0 Å². The van der Waals surface area contributed by atoms with E-state index in [1.807, 2.05) is 0 Å². The van der Waals surface area contributed by atoms with Gasteiger partial charge in [-0.1, -0.05) is 23.4 Å². The highest BCUT2D eigenvalue weighted by atomic mass is 35.5. The molecule has 0 aliphatic rings. The summed E-state index contributed by atoms with van der Waals surface area (Å²) in [7, 11) is 0. The van der Waals surface area contributed by atoms with Crippen LogP contribution in [-0.4, -0.2) is 16.7 Å². The summed E-state index contributed by atoms with van der Waals surface area (Å²) in [5, 5.41) is 8.83. The van der Waals surface area contributed by atoms with Crippen LogP contribution in [0.1, 0.15) is 12.0 Å². The number of nitrogens with zero attached hydrogens (tertiary/aromatic N) is 1. The lowest BCUT2D eigenvalue weighted by atomic mass is 10.2. The van der Waals surface area contributed by atoms with Crippen LogP contribution in [0.3, 0.4) is 0 Å². The summed E-state index contributed by atoms with van der Waals surface area (Å²) in [6.45, 7) is 0.0420. The van der Waals surface area contributed by atoms with Gasteiger partial charge < -0.3 is 10.8 Å². The van der Waals surface area contributed by atoms with Gasteiger partial charge in [-0.2, -0.15) is 0 Å². The van der Waals surface area contributed by atoms with E-state index in [0.717, 1.165) is 0 Å². The van der Waals surface area contributed by atoms with Gasteiger partial charge in [0.1, 0.15) is 5.15 Å². The van der Waals surface area contributed by atoms with Crippen LogP contribution < -0.4 is 5.73 Å². The van der Waals surface area contributed by atoms with E-state index in [-0.39, 0.29) is 6.61 Å². The topological polar surface area (TPSA) is 59.1 Å². The van der Waals surface area contributed by atoms with E-state index in [4.69, 9.17) is 22.4 Å². The van der Waals surface area contributed by atoms with E-state index >= 15 is 0 Å². The normalized spacial score (nSPS) is 9.08. The lowest BCUT2D eigenvalue weighted by Gasteiger charge is -1.95. The zero-order chi connectivity index (χ0) is 9.68. The highest BCUT2D eigenvalue weighted by Gasteiger charge is 1.97. The lowest BCUT2D eigenvalue weighted by molar-refractivity contribution is 0.305. The highest BCUT2D eigenvalue weighted by molar-refractivity contribution is 6.30. The third-order valence-electron chi connectivity index (χ3n) is 1.32. The van der Waals surface area contributed by atoms with Crippen molar-refractivity contribution >= 4 is 17.3 Å². The number of aromatic nitrogens is 1. The number of hydrogen-bond acceptors (Lipinski definition) is 3. The second kappa shape index (κ2) is 4.70. The molecule has 0 amide bonds. The molecule has 0 bridgehead atoms. The van der Waals surface area contributed by atoms with Gasteiger partial charge in [-0.25, -0.2) is 4.98 Å². The van der Waals surface area contributed by atoms with E-state index in [9.17, 15) is 0 Å². The number of aliphatic hydroxyl groups is 1. The molecule has 4 heteroatoms. The summed E-state index contributed by atoms with van der Waals surface area (Å²) in [6, 6.07) is 1.65. The fraction of sp³-hybridized carbons (Fsp3) is 0.222. The zero-order valence-electron chi connectivity index (χ0n) is 6.92. The molecule has 0 saturated carbocycles. The molecule has 13 heavy (non-hydrogen) atoms. The number of pyridine rings is 1. The van der Waals surface area contributed by atoms with Crippen LogP contribution in [0, 0.1) is 11.8 Å². The predicted molar refractivity (Wildman–Crippen MR) is 52.2 cm³/mol. The molecule has 1 rings (SSSR count). The number of halogens is 1. The van der Waals surface area contributed by atoms with Crippen LogP contribution in [0.5, 0.6) is 0 Å². The van der Waals surface area contributed by atoms with Crippen LogP contribution in [-0.2, 0) is 0 Å². The molecule has 0 spiro atoms. The molecule has 0 saturated heterocycles. The van der Waals surface area contributed by atoms with E-state index < -0.39 is 0 Å². The molecule has 68 valence electrons. The Bertz CT molecular complexity index is 354. The molecule has 0 unspecified atom stereocenters. The summed E-state index contributed by atoms with van der Waals surface area (Å²) in [5.74, 6) is 5.51. The maximum Gasteiger partial charge on any atom is 0.144 e. The summed E-state index contributed by atoms with van der Waals surface area (Å²) in [5.41, 5.74) is 6.61. The van der Waals surface area contributed by atoms with Gasteiger partial charge in [-0.3, -0.25) is 0 Å². The molecule has 3 nitrogen and oxygen atoms in total. The lowest BCUT2D eigenvalue weighted by Crippen LogP contribution is -1.89. The molecule has 0 fully saturated rings. The molecule has 0 aromatic carbocycles. The molecule has 1 aromatic heterocycles. The van der Waals surface area contributed by atoms with Crippen molar-refractivity contribution in [1.29, 1.82) is 0 Å². The first-order chi connectivity index (χ1) is 6.24. The number of aliphatic hydroxyl groups excluding tert-OH is 1. The van der Waals surface area contributed by atoms with Gasteiger partial charge in [-0.15, -0.1) is 0 Å². The third kappa shape index (κ3) is 2.94. The largest absolute Gasteiger partial charge is 0.397 e. The van der Waals surface area contributed by atoms with Crippen molar-refractivity contribution in [2.45, 2.75) is 6.42 Å². The number of nitrogen functional groups attached to an aromatic ring is 1. The second-order valence-corrected chi connectivity index (χ2v) is 2.74. The third-order valence-corrected chi connectivity index (χ3v) is 1.62. The summed E-state index contributed by atoms with van der Waals surface area (Å²) in [6.07, 6.45) is 1.89.